The molecule has 1 aliphatic carbocycles. The molecule has 4 fully saturated rings. The first-order valence-corrected chi connectivity index (χ1v) is 26.1. The number of aliphatic hydroxyl groups excluding tert-OH is 1. The Morgan fingerprint density at radius 3 is 2.33 bits per heavy atom. The molecule has 2 aromatic heterocycles. The fourth-order valence-corrected chi connectivity index (χ4v) is 12.5. The van der Waals surface area contributed by atoms with E-state index in [0.29, 0.717) is 63.3 Å². The van der Waals surface area contributed by atoms with E-state index in [-0.39, 0.29) is 94.6 Å². The van der Waals surface area contributed by atoms with Gasteiger partial charge in [0.05, 0.1) is 22.6 Å². The Morgan fingerprint density at radius 1 is 0.933 bits per heavy atom. The molecule has 398 valence electrons. The number of anilines is 1. The summed E-state index contributed by atoms with van der Waals surface area (Å²) in [7, 11) is 1.56. The molecular weight excluding hydrogens is 998 g/mol. The second-order valence-corrected chi connectivity index (χ2v) is 21.0. The van der Waals surface area contributed by atoms with Gasteiger partial charge in [-0.15, -0.1) is 0 Å². The minimum Gasteiger partial charge on any atom is -0.480 e. The fourth-order valence-electron chi connectivity index (χ4n) is 12.3. The Hall–Kier alpha value is -6.35. The number of halogens is 5. The number of rotatable bonds is 14. The van der Waals surface area contributed by atoms with Crippen LogP contribution in [0.1, 0.15) is 104 Å². The number of fused-ring (bicyclic) bond motifs is 2. The molecule has 0 spiro atoms. The van der Waals surface area contributed by atoms with Gasteiger partial charge in [0, 0.05) is 98.6 Å². The lowest BCUT2D eigenvalue weighted by Crippen LogP contribution is -2.49. The summed E-state index contributed by atoms with van der Waals surface area (Å²) in [6, 6.07) is 11.2. The molecule has 1 saturated carbocycles. The standard InChI is InChI=1S/C54H60ClF4N9O7/c1-29-41-39(25-38(57)45(55)44(41)43-36(49(60)71)26-61-51(47(43)59)74-23-22-69)75-54(29,33-6-4-3-5-7-33)28-62-34-10-8-32(9-11-34)52(72)67-19-12-30(13-20-67)27-66-17-14-31(15-18-66)42-37(56)24-35-48(46(42)58)65(2)64-50(35)68-21-16-40(70)63-53(68)73/h3-7,24-26,29-32,34,62,69H,8-23,27-28H2,1-2H3,(H2,60,71)(H,63,70,73)/t29-,32?,34?,54-/m0/s1. The first-order chi connectivity index (χ1) is 36.1. The summed E-state index contributed by atoms with van der Waals surface area (Å²) in [6.45, 7) is 5.02. The third-order valence-corrected chi connectivity index (χ3v) is 16.6. The number of nitrogens with zero attached hydrogens (tertiary/aromatic N) is 6. The Labute approximate surface area is 435 Å². The van der Waals surface area contributed by atoms with E-state index >= 15 is 17.6 Å². The lowest BCUT2D eigenvalue weighted by atomic mass is 9.77. The Morgan fingerprint density at radius 2 is 1.65 bits per heavy atom. The number of imide groups is 1. The lowest BCUT2D eigenvalue weighted by Gasteiger charge is -2.40. The van der Waals surface area contributed by atoms with Gasteiger partial charge in [-0.2, -0.15) is 5.10 Å². The molecule has 5 N–H and O–H groups in total. The van der Waals surface area contributed by atoms with E-state index in [2.05, 4.69) is 25.6 Å². The van der Waals surface area contributed by atoms with Crippen molar-refractivity contribution in [1.29, 1.82) is 0 Å². The minimum absolute atomic E-state index is 0.0243. The summed E-state index contributed by atoms with van der Waals surface area (Å²) in [6.07, 6.45) is 6.82. The van der Waals surface area contributed by atoms with Crippen LogP contribution in [0.15, 0.2) is 48.7 Å². The van der Waals surface area contributed by atoms with Crippen molar-refractivity contribution in [3.63, 3.8) is 0 Å². The zero-order chi connectivity index (χ0) is 52.9. The van der Waals surface area contributed by atoms with E-state index in [9.17, 15) is 24.3 Å². The van der Waals surface area contributed by atoms with Crippen molar-refractivity contribution < 1.29 is 51.3 Å². The van der Waals surface area contributed by atoms with E-state index in [1.807, 2.05) is 42.2 Å². The molecule has 21 heteroatoms. The van der Waals surface area contributed by atoms with Crippen LogP contribution >= 0.6 is 11.6 Å². The molecule has 6 heterocycles. The van der Waals surface area contributed by atoms with Crippen molar-refractivity contribution >= 4 is 52.1 Å². The van der Waals surface area contributed by atoms with Crippen LogP contribution in [0, 0.1) is 35.1 Å². The zero-order valence-electron chi connectivity index (χ0n) is 41.8. The molecule has 0 unspecified atom stereocenters. The summed E-state index contributed by atoms with van der Waals surface area (Å²) < 4.78 is 77.8. The summed E-state index contributed by atoms with van der Waals surface area (Å²) in [5, 5.41) is 19.4. The van der Waals surface area contributed by atoms with Crippen LogP contribution in [-0.4, -0.2) is 118 Å². The van der Waals surface area contributed by atoms with E-state index in [1.165, 1.54) is 21.7 Å². The number of nitrogens with one attached hydrogen (secondary N) is 2. The van der Waals surface area contributed by atoms with E-state index < -0.39 is 70.1 Å². The van der Waals surface area contributed by atoms with E-state index in [4.69, 9.17) is 26.8 Å². The van der Waals surface area contributed by atoms with E-state index in [0.717, 1.165) is 44.0 Å². The number of pyridine rings is 1. The molecule has 4 aliphatic heterocycles. The van der Waals surface area contributed by atoms with Crippen molar-refractivity contribution in [1.82, 2.24) is 35.2 Å². The minimum atomic E-state index is -1.15. The molecule has 16 nitrogen and oxygen atoms in total. The van der Waals surface area contributed by atoms with Crippen LogP contribution < -0.4 is 30.7 Å². The first kappa shape index (κ1) is 52.1. The van der Waals surface area contributed by atoms with Crippen molar-refractivity contribution in [2.75, 3.05) is 63.9 Å². The van der Waals surface area contributed by atoms with Gasteiger partial charge < -0.3 is 35.4 Å². The molecule has 0 bridgehead atoms. The molecule has 2 atom stereocenters. The maximum atomic E-state index is 16.4. The first-order valence-electron chi connectivity index (χ1n) is 25.8. The Kier molecular flexibility index (Phi) is 14.8. The van der Waals surface area contributed by atoms with Crippen LogP contribution in [0.25, 0.3) is 22.0 Å². The summed E-state index contributed by atoms with van der Waals surface area (Å²) in [5.41, 5.74) is 5.01. The molecule has 3 saturated heterocycles. The highest BCUT2D eigenvalue weighted by Gasteiger charge is 2.50. The topological polar surface area (TPSA) is 197 Å². The number of likely N-dealkylation sites (tertiary alicyclic amines) is 2. The molecule has 0 radical (unpaired) electrons. The van der Waals surface area contributed by atoms with Gasteiger partial charge in [0.25, 0.3) is 11.8 Å². The second kappa shape index (κ2) is 21.3. The number of hydrogen-bond donors (Lipinski definition) is 4. The number of aliphatic hydroxyl groups is 1. The number of aryl methyl sites for hydroxylation is 1. The predicted octanol–water partition coefficient (Wildman–Crippen LogP) is 7.42. The van der Waals surface area contributed by atoms with Gasteiger partial charge in [-0.25, -0.2) is 27.3 Å². The van der Waals surface area contributed by atoms with Gasteiger partial charge in [0.2, 0.25) is 11.8 Å². The van der Waals surface area contributed by atoms with Gasteiger partial charge in [-0.3, -0.25) is 29.3 Å². The van der Waals surface area contributed by atoms with Gasteiger partial charge in [0.15, 0.2) is 23.1 Å². The number of ether oxygens (including phenoxy) is 2. The smallest absolute Gasteiger partial charge is 0.329 e. The molecular formula is C54H60ClF4N9O7. The molecule has 3 aromatic carbocycles. The predicted molar refractivity (Wildman–Crippen MR) is 270 cm³/mol. The van der Waals surface area contributed by atoms with Crippen molar-refractivity contribution in [2.45, 2.75) is 88.2 Å². The summed E-state index contributed by atoms with van der Waals surface area (Å²) in [4.78, 5) is 60.5. The quantitative estimate of drug-likeness (QED) is 0.0808. The van der Waals surface area contributed by atoms with Gasteiger partial charge in [0.1, 0.15) is 29.5 Å². The number of carbonyl (C=O) groups is 4. The summed E-state index contributed by atoms with van der Waals surface area (Å²) >= 11 is 6.70. The fraction of sp³-hybridized carbons (Fsp3) is 0.481. The highest BCUT2D eigenvalue weighted by molar-refractivity contribution is 6.34. The monoisotopic (exact) mass is 1060 g/mol. The zero-order valence-corrected chi connectivity index (χ0v) is 42.5. The maximum absolute atomic E-state index is 16.4. The molecule has 5 amide bonds. The van der Waals surface area contributed by atoms with Crippen LogP contribution in [0.2, 0.25) is 5.02 Å². The largest absolute Gasteiger partial charge is 0.480 e. The van der Waals surface area contributed by atoms with Crippen LogP contribution in [0.3, 0.4) is 0 Å². The second-order valence-electron chi connectivity index (χ2n) is 20.6. The third-order valence-electron chi connectivity index (χ3n) is 16.3. The number of hydrogen-bond acceptors (Lipinski definition) is 11. The number of aromatic nitrogens is 3. The molecule has 5 aromatic rings. The number of primary amides is 1. The Balaban J connectivity index is 0.739. The van der Waals surface area contributed by atoms with Gasteiger partial charge in [-0.1, -0.05) is 48.9 Å². The number of amides is 5. The van der Waals surface area contributed by atoms with Crippen LogP contribution in [0.4, 0.5) is 28.2 Å². The number of piperidine rings is 2. The highest BCUT2D eigenvalue weighted by atomic mass is 35.5. The average molecular weight is 1060 g/mol. The maximum Gasteiger partial charge on any atom is 0.329 e. The lowest BCUT2D eigenvalue weighted by molar-refractivity contribution is -0.138. The number of nitrogens with two attached hydrogens (primary N) is 1. The van der Waals surface area contributed by atoms with Crippen molar-refractivity contribution in [3.05, 3.63) is 99.2 Å². The molecule has 75 heavy (non-hydrogen) atoms. The van der Waals surface area contributed by atoms with Gasteiger partial charge in [-0.05, 0) is 87.9 Å². The SMILES string of the molecule is C[C@H]1c2c(cc(F)c(Cl)c2-c2c(C(N)=O)cnc(OCCO)c2F)O[C@]1(CNC1CCC(C(=O)N2CCC(CN3CCC(c4c(F)cc5c(N6CCC(=O)NC6=O)nn(C)c5c4F)CC3)CC2)CC1)c1ccccc1. The third kappa shape index (κ3) is 9.78. The highest BCUT2D eigenvalue weighted by Crippen LogP contribution is 2.56. The van der Waals surface area contributed by atoms with Crippen LogP contribution in [-0.2, 0) is 22.2 Å². The average Bonchev–Trinajstić information content (AvgIpc) is 3.88. The Bertz CT molecular complexity index is 3030. The summed E-state index contributed by atoms with van der Waals surface area (Å²) in [5.74, 6) is -5.57. The van der Waals surface area contributed by atoms with E-state index in [1.54, 1.807) is 7.05 Å². The number of urea groups is 1. The number of benzene rings is 3. The normalized spacial score (nSPS) is 22.9. The van der Waals surface area contributed by atoms with Gasteiger partial charge >= 0.3 is 6.03 Å². The molecule has 5 aliphatic rings. The van der Waals surface area contributed by atoms with Crippen LogP contribution in [0.5, 0.6) is 11.6 Å². The van der Waals surface area contributed by atoms with Crippen molar-refractivity contribution in [3.8, 4) is 22.8 Å². The van der Waals surface area contributed by atoms with Crippen molar-refractivity contribution in [2.24, 2.45) is 24.6 Å². The number of carbonyl (C=O) groups excluding carboxylic acids is 4. The molecule has 10 rings (SSSR count).